The molecule has 0 saturated carbocycles. The summed E-state index contributed by atoms with van der Waals surface area (Å²) in [5.41, 5.74) is -11.2. The molecule has 38 heavy (non-hydrogen) atoms. The van der Waals surface area contributed by atoms with Gasteiger partial charge in [0.15, 0.2) is 5.67 Å². The van der Waals surface area contributed by atoms with Gasteiger partial charge in [0.05, 0.1) is 29.9 Å². The predicted molar refractivity (Wildman–Crippen MR) is 112 cm³/mol. The van der Waals surface area contributed by atoms with Crippen molar-refractivity contribution in [2.45, 2.75) is 36.2 Å². The Balaban J connectivity index is 1.65. The Bertz CT molecular complexity index is 1230. The van der Waals surface area contributed by atoms with E-state index in [0.29, 0.717) is 0 Å². The molecule has 15 heteroatoms. The molecular weight excluding hydrogens is 540 g/mol. The summed E-state index contributed by atoms with van der Waals surface area (Å²) in [5, 5.41) is 5.67. The summed E-state index contributed by atoms with van der Waals surface area (Å²) >= 11 is 0. The zero-order valence-electron chi connectivity index (χ0n) is 19.2. The second-order valence-electron chi connectivity index (χ2n) is 8.88. The number of likely N-dealkylation sites (tertiary alicyclic amines) is 1. The van der Waals surface area contributed by atoms with E-state index >= 15 is 4.39 Å². The molecule has 1 saturated heterocycles. The minimum Gasteiger partial charge on any atom is -0.374 e. The summed E-state index contributed by atoms with van der Waals surface area (Å²) in [4.78, 5) is 17.3. The van der Waals surface area contributed by atoms with Gasteiger partial charge in [-0.1, -0.05) is 29.4 Å². The van der Waals surface area contributed by atoms with Crippen molar-refractivity contribution in [2.75, 3.05) is 20.1 Å². The normalized spacial score (nSPS) is 21.4. The molecule has 0 radical (unpaired) electrons. The van der Waals surface area contributed by atoms with Crippen LogP contribution in [0.3, 0.4) is 0 Å². The van der Waals surface area contributed by atoms with Crippen LogP contribution in [0.25, 0.3) is 0 Å². The number of carbonyl (C=O) groups is 1. The molecule has 1 atom stereocenters. The second-order valence-corrected chi connectivity index (χ2v) is 8.88. The van der Waals surface area contributed by atoms with Gasteiger partial charge in [-0.15, -0.1) is 0 Å². The number of benzene rings is 2. The number of amides is 2. The van der Waals surface area contributed by atoms with Crippen LogP contribution in [0.4, 0.5) is 48.7 Å². The first kappa shape index (κ1) is 27.5. The summed E-state index contributed by atoms with van der Waals surface area (Å²) in [7, 11) is 1.37. The third-order valence-corrected chi connectivity index (χ3v) is 6.36. The van der Waals surface area contributed by atoms with Crippen molar-refractivity contribution in [1.82, 2.24) is 10.2 Å². The summed E-state index contributed by atoms with van der Waals surface area (Å²) in [6.07, 6.45) is -17.5. The molecule has 2 aromatic rings. The lowest BCUT2D eigenvalue weighted by Crippen LogP contribution is -2.60. The average Bonchev–Trinajstić information content (AvgIpc) is 3.27. The molecule has 206 valence electrons. The zero-order valence-corrected chi connectivity index (χ0v) is 19.2. The first-order valence-corrected chi connectivity index (χ1v) is 10.8. The predicted octanol–water partition coefficient (Wildman–Crippen LogP) is 6.13. The topological polar surface area (TPSA) is 53.9 Å². The van der Waals surface area contributed by atoms with Crippen LogP contribution in [0.5, 0.6) is 0 Å². The van der Waals surface area contributed by atoms with Crippen LogP contribution in [0, 0.1) is 0 Å². The lowest BCUT2D eigenvalue weighted by molar-refractivity contribution is -0.276. The van der Waals surface area contributed by atoms with Crippen LogP contribution in [0.15, 0.2) is 47.6 Å². The van der Waals surface area contributed by atoms with E-state index in [-0.39, 0.29) is 42.4 Å². The van der Waals surface area contributed by atoms with Crippen molar-refractivity contribution in [3.63, 3.8) is 0 Å². The number of carbonyl (C=O) groups excluding carboxylic acids is 1. The maximum atomic E-state index is 15.1. The highest BCUT2D eigenvalue weighted by Gasteiger charge is 2.63. The Labute approximate surface area is 208 Å². The molecule has 0 aromatic heterocycles. The van der Waals surface area contributed by atoms with Gasteiger partial charge in [0.25, 0.3) is 5.60 Å². The van der Waals surface area contributed by atoms with Gasteiger partial charge in [-0.05, 0) is 29.3 Å². The summed E-state index contributed by atoms with van der Waals surface area (Å²) in [6.45, 7) is -0.547. The first-order chi connectivity index (χ1) is 17.4. The number of nitrogens with zero attached hydrogens (tertiary/aromatic N) is 2. The summed E-state index contributed by atoms with van der Waals surface area (Å²) in [5.74, 6) is 0. The minimum atomic E-state index is -5.47. The number of halogens is 10. The molecule has 2 aliphatic heterocycles. The van der Waals surface area contributed by atoms with Crippen molar-refractivity contribution in [3.05, 3.63) is 70.3 Å². The quantitative estimate of drug-likeness (QED) is 0.462. The van der Waals surface area contributed by atoms with E-state index in [4.69, 9.17) is 0 Å². The van der Waals surface area contributed by atoms with Crippen molar-refractivity contribution >= 4 is 11.7 Å². The minimum absolute atomic E-state index is 0.0195. The molecule has 2 heterocycles. The van der Waals surface area contributed by atoms with Gasteiger partial charge in [-0.25, -0.2) is 9.18 Å². The number of oxime groups is 1. The number of urea groups is 1. The Morgan fingerprint density at radius 3 is 1.87 bits per heavy atom. The first-order valence-electron chi connectivity index (χ1n) is 10.8. The van der Waals surface area contributed by atoms with Crippen molar-refractivity contribution in [1.29, 1.82) is 0 Å². The number of alkyl halides is 10. The molecule has 1 N–H and O–H groups in total. The standard InChI is InChI=1S/C23H17F10N3O2/c1-34-18(37)36-10-19(24,11-36)13-4-2-12(3-5-13)17-9-20(38-35-17,23(31,32)33)14-6-15(21(25,26)27)8-16(7-14)22(28,29)30/h2-8H,9-11H2,1H3,(H,34,37). The summed E-state index contributed by atoms with van der Waals surface area (Å²) < 4.78 is 137. The van der Waals surface area contributed by atoms with Gasteiger partial charge >= 0.3 is 24.6 Å². The van der Waals surface area contributed by atoms with Crippen LogP contribution in [-0.4, -0.2) is 43.0 Å². The van der Waals surface area contributed by atoms with E-state index in [1.165, 1.54) is 36.2 Å². The lowest BCUT2D eigenvalue weighted by Gasteiger charge is -2.44. The van der Waals surface area contributed by atoms with Gasteiger partial charge in [-0.3, -0.25) is 0 Å². The number of rotatable bonds is 3. The molecule has 2 amide bonds. The molecule has 0 spiro atoms. The lowest BCUT2D eigenvalue weighted by atomic mass is 9.83. The molecule has 2 aromatic carbocycles. The van der Waals surface area contributed by atoms with Gasteiger partial charge in [-0.2, -0.15) is 39.5 Å². The molecular formula is C23H17F10N3O2. The Hall–Kier alpha value is -3.52. The van der Waals surface area contributed by atoms with Crippen LogP contribution in [-0.2, 0) is 28.5 Å². The SMILES string of the molecule is CNC(=O)N1CC(F)(c2ccc(C3=NOC(c4cc(C(F)(F)F)cc(C(F)(F)F)c4)(C(F)(F)F)C3)cc2)C1. The highest BCUT2D eigenvalue weighted by molar-refractivity contribution is 6.02. The van der Waals surface area contributed by atoms with E-state index in [0.717, 1.165) is 0 Å². The molecule has 0 bridgehead atoms. The molecule has 5 nitrogen and oxygen atoms in total. The smallest absolute Gasteiger partial charge is 0.374 e. The Morgan fingerprint density at radius 2 is 1.42 bits per heavy atom. The van der Waals surface area contributed by atoms with Crippen molar-refractivity contribution in [3.8, 4) is 0 Å². The van der Waals surface area contributed by atoms with Gasteiger partial charge in [0.1, 0.15) is 0 Å². The van der Waals surface area contributed by atoms with E-state index in [1.807, 2.05) is 0 Å². The van der Waals surface area contributed by atoms with E-state index < -0.39 is 64.7 Å². The fraction of sp³-hybridized carbons (Fsp3) is 0.391. The maximum absolute atomic E-state index is 15.1. The van der Waals surface area contributed by atoms with Gasteiger partial charge < -0.3 is 15.1 Å². The molecule has 0 aliphatic carbocycles. The van der Waals surface area contributed by atoms with Crippen molar-refractivity contribution in [2.24, 2.45) is 5.16 Å². The molecule has 2 aliphatic rings. The van der Waals surface area contributed by atoms with Crippen LogP contribution in [0.2, 0.25) is 0 Å². The van der Waals surface area contributed by atoms with Gasteiger partial charge in [0.2, 0.25) is 0 Å². The van der Waals surface area contributed by atoms with Crippen molar-refractivity contribution < 1.29 is 53.5 Å². The summed E-state index contributed by atoms with van der Waals surface area (Å²) in [6, 6.07) is 3.97. The zero-order chi connectivity index (χ0) is 28.3. The third kappa shape index (κ3) is 4.73. The van der Waals surface area contributed by atoms with Gasteiger partial charge in [0, 0.05) is 19.0 Å². The highest BCUT2D eigenvalue weighted by Crippen LogP contribution is 2.51. The number of hydrogen-bond acceptors (Lipinski definition) is 3. The number of hydrogen-bond donors (Lipinski definition) is 1. The second kappa shape index (κ2) is 8.76. The maximum Gasteiger partial charge on any atom is 0.435 e. The monoisotopic (exact) mass is 557 g/mol. The fourth-order valence-corrected chi connectivity index (χ4v) is 4.25. The van der Waals surface area contributed by atoms with E-state index in [1.54, 1.807) is 0 Å². The molecule has 1 fully saturated rings. The van der Waals surface area contributed by atoms with Crippen LogP contribution < -0.4 is 5.32 Å². The third-order valence-electron chi connectivity index (χ3n) is 6.36. The molecule has 4 rings (SSSR count). The average molecular weight is 557 g/mol. The van der Waals surface area contributed by atoms with E-state index in [9.17, 15) is 44.3 Å². The van der Waals surface area contributed by atoms with Crippen LogP contribution >= 0.6 is 0 Å². The largest absolute Gasteiger partial charge is 0.435 e. The van der Waals surface area contributed by atoms with E-state index in [2.05, 4.69) is 15.3 Å². The number of nitrogens with one attached hydrogen (secondary N) is 1. The Morgan fingerprint density at radius 1 is 0.895 bits per heavy atom. The molecule has 1 unspecified atom stereocenters. The highest BCUT2D eigenvalue weighted by atomic mass is 19.4. The Kier molecular flexibility index (Phi) is 6.35. The fourth-order valence-electron chi connectivity index (χ4n) is 4.25. The van der Waals surface area contributed by atoms with Crippen LogP contribution in [0.1, 0.15) is 34.2 Å².